The highest BCUT2D eigenvalue weighted by Crippen LogP contribution is 2.26. The maximum absolute atomic E-state index is 11.9. The topological polar surface area (TPSA) is 72.9 Å². The van der Waals surface area contributed by atoms with Gasteiger partial charge in [-0.1, -0.05) is 13.8 Å². The highest BCUT2D eigenvalue weighted by Gasteiger charge is 2.33. The number of aliphatic carboxylic acids is 1. The molecule has 1 fully saturated rings. The molecule has 0 saturated heterocycles. The Morgan fingerprint density at radius 2 is 1.89 bits per heavy atom. The van der Waals surface area contributed by atoms with Gasteiger partial charge >= 0.3 is 12.0 Å². The quantitative estimate of drug-likeness (QED) is 0.667. The van der Waals surface area contributed by atoms with Crippen molar-refractivity contribution in [1.29, 1.82) is 0 Å². The molecule has 0 atom stereocenters. The van der Waals surface area contributed by atoms with E-state index in [1.54, 1.807) is 0 Å². The van der Waals surface area contributed by atoms with Crippen molar-refractivity contribution in [3.63, 3.8) is 0 Å². The van der Waals surface area contributed by atoms with Crippen LogP contribution >= 0.6 is 0 Å². The SMILES string of the molecule is CCN(CC)CCNC(=O)N(CC(=O)O)C1CC1. The largest absolute Gasteiger partial charge is 0.480 e. The molecule has 0 spiro atoms. The Morgan fingerprint density at radius 3 is 2.33 bits per heavy atom. The number of carboxylic acids is 1. The Balaban J connectivity index is 2.30. The highest BCUT2D eigenvalue weighted by atomic mass is 16.4. The van der Waals surface area contributed by atoms with Crippen LogP contribution < -0.4 is 5.32 Å². The number of carbonyl (C=O) groups is 2. The van der Waals surface area contributed by atoms with Gasteiger partial charge in [0.1, 0.15) is 6.54 Å². The molecule has 0 heterocycles. The van der Waals surface area contributed by atoms with Gasteiger partial charge in [0.15, 0.2) is 0 Å². The normalized spacial score (nSPS) is 14.6. The Labute approximate surface area is 108 Å². The first-order valence-corrected chi connectivity index (χ1v) is 6.57. The molecule has 2 N–H and O–H groups in total. The number of carboxylic acid groups (broad SMARTS) is 1. The van der Waals surface area contributed by atoms with Gasteiger partial charge in [0.25, 0.3) is 0 Å². The molecule has 1 aliphatic rings. The Morgan fingerprint density at radius 1 is 1.28 bits per heavy atom. The smallest absolute Gasteiger partial charge is 0.323 e. The third-order valence-electron chi connectivity index (χ3n) is 3.15. The average molecular weight is 257 g/mol. The summed E-state index contributed by atoms with van der Waals surface area (Å²) >= 11 is 0. The third-order valence-corrected chi connectivity index (χ3v) is 3.15. The van der Waals surface area contributed by atoms with Crippen LogP contribution in [0.25, 0.3) is 0 Å². The van der Waals surface area contributed by atoms with Gasteiger partial charge in [-0.3, -0.25) is 4.79 Å². The van der Waals surface area contributed by atoms with Crippen LogP contribution in [0.15, 0.2) is 0 Å². The first-order valence-electron chi connectivity index (χ1n) is 6.57. The van der Waals surface area contributed by atoms with Gasteiger partial charge in [0.2, 0.25) is 0 Å². The second-order valence-corrected chi connectivity index (χ2v) is 4.51. The summed E-state index contributed by atoms with van der Waals surface area (Å²) < 4.78 is 0. The molecule has 1 aliphatic carbocycles. The van der Waals surface area contributed by atoms with E-state index in [1.165, 1.54) is 4.90 Å². The van der Waals surface area contributed by atoms with Gasteiger partial charge in [-0.25, -0.2) is 4.79 Å². The van der Waals surface area contributed by atoms with Crippen LogP contribution in [-0.4, -0.2) is 65.7 Å². The van der Waals surface area contributed by atoms with Crippen LogP contribution in [-0.2, 0) is 4.79 Å². The minimum Gasteiger partial charge on any atom is -0.480 e. The van der Waals surface area contributed by atoms with Gasteiger partial charge in [0, 0.05) is 19.1 Å². The lowest BCUT2D eigenvalue weighted by Gasteiger charge is -2.22. The number of rotatable bonds is 8. The molecule has 0 aromatic rings. The van der Waals surface area contributed by atoms with E-state index in [9.17, 15) is 9.59 Å². The fourth-order valence-electron chi connectivity index (χ4n) is 1.86. The van der Waals surface area contributed by atoms with E-state index in [0.29, 0.717) is 6.54 Å². The molecule has 1 rings (SSSR count). The van der Waals surface area contributed by atoms with E-state index in [2.05, 4.69) is 24.1 Å². The highest BCUT2D eigenvalue weighted by molar-refractivity contribution is 5.80. The van der Waals surface area contributed by atoms with Crippen LogP contribution in [0.1, 0.15) is 26.7 Å². The molecule has 0 unspecified atom stereocenters. The fraction of sp³-hybridized carbons (Fsp3) is 0.833. The number of hydrogen-bond acceptors (Lipinski definition) is 3. The number of nitrogens with one attached hydrogen (secondary N) is 1. The molecule has 1 saturated carbocycles. The monoisotopic (exact) mass is 257 g/mol. The van der Waals surface area contributed by atoms with Gasteiger partial charge in [-0.15, -0.1) is 0 Å². The van der Waals surface area contributed by atoms with Crippen LogP contribution in [0.4, 0.5) is 4.79 Å². The lowest BCUT2D eigenvalue weighted by atomic mass is 10.4. The first-order chi connectivity index (χ1) is 8.58. The summed E-state index contributed by atoms with van der Waals surface area (Å²) in [7, 11) is 0. The summed E-state index contributed by atoms with van der Waals surface area (Å²) in [5.41, 5.74) is 0. The molecule has 6 nitrogen and oxygen atoms in total. The second kappa shape index (κ2) is 7.20. The Hall–Kier alpha value is -1.30. The molecular formula is C12H23N3O3. The van der Waals surface area contributed by atoms with E-state index >= 15 is 0 Å². The molecule has 0 aromatic carbocycles. The van der Waals surface area contributed by atoms with Crippen LogP contribution in [0.3, 0.4) is 0 Å². The molecule has 0 radical (unpaired) electrons. The number of urea groups is 1. The molecule has 0 aromatic heterocycles. The van der Waals surface area contributed by atoms with Crippen molar-refractivity contribution in [2.75, 3.05) is 32.7 Å². The predicted octanol–water partition coefficient (Wildman–Crippen LogP) is 0.587. The average Bonchev–Trinajstić information content (AvgIpc) is 3.15. The van der Waals surface area contributed by atoms with Crippen molar-refractivity contribution in [3.8, 4) is 0 Å². The molecule has 6 heteroatoms. The maximum Gasteiger partial charge on any atom is 0.323 e. The van der Waals surface area contributed by atoms with Crippen molar-refractivity contribution >= 4 is 12.0 Å². The molecule has 2 amide bonds. The summed E-state index contributed by atoms with van der Waals surface area (Å²) in [6, 6.07) is -0.137. The van der Waals surface area contributed by atoms with Crippen molar-refractivity contribution in [3.05, 3.63) is 0 Å². The maximum atomic E-state index is 11.9. The third kappa shape index (κ3) is 4.91. The van der Waals surface area contributed by atoms with E-state index in [4.69, 9.17) is 5.11 Å². The number of hydrogen-bond donors (Lipinski definition) is 2. The first kappa shape index (κ1) is 14.8. The number of amides is 2. The Kier molecular flexibility index (Phi) is 5.91. The zero-order valence-electron chi connectivity index (χ0n) is 11.2. The lowest BCUT2D eigenvalue weighted by molar-refractivity contribution is -0.137. The van der Waals surface area contributed by atoms with Crippen molar-refractivity contribution < 1.29 is 14.7 Å². The van der Waals surface area contributed by atoms with Gasteiger partial charge < -0.3 is 20.2 Å². The van der Waals surface area contributed by atoms with Crippen LogP contribution in [0.2, 0.25) is 0 Å². The van der Waals surface area contributed by atoms with Gasteiger partial charge in [-0.2, -0.15) is 0 Å². The zero-order valence-corrected chi connectivity index (χ0v) is 11.2. The van der Waals surface area contributed by atoms with Gasteiger partial charge in [0.05, 0.1) is 0 Å². The van der Waals surface area contributed by atoms with Crippen LogP contribution in [0.5, 0.6) is 0 Å². The Bertz CT molecular complexity index is 288. The zero-order chi connectivity index (χ0) is 13.5. The summed E-state index contributed by atoms with van der Waals surface area (Å²) in [5.74, 6) is -0.958. The van der Waals surface area contributed by atoms with E-state index in [0.717, 1.165) is 32.5 Å². The van der Waals surface area contributed by atoms with Crippen LogP contribution in [0, 0.1) is 0 Å². The minimum absolute atomic E-state index is 0.120. The summed E-state index contributed by atoms with van der Waals surface area (Å²) in [5, 5.41) is 11.6. The molecular weight excluding hydrogens is 234 g/mol. The summed E-state index contributed by atoms with van der Waals surface area (Å²) in [6.45, 7) is 7.20. The second-order valence-electron chi connectivity index (χ2n) is 4.51. The fourth-order valence-corrected chi connectivity index (χ4v) is 1.86. The van der Waals surface area contributed by atoms with E-state index in [1.807, 2.05) is 0 Å². The summed E-state index contributed by atoms with van der Waals surface area (Å²) in [6.07, 6.45) is 1.83. The minimum atomic E-state index is -0.958. The number of likely N-dealkylation sites (N-methyl/N-ethyl adjacent to an activating group) is 1. The van der Waals surface area contributed by atoms with E-state index in [-0.39, 0.29) is 18.6 Å². The summed E-state index contributed by atoms with van der Waals surface area (Å²) in [4.78, 5) is 26.2. The molecule has 18 heavy (non-hydrogen) atoms. The standard InChI is InChI=1S/C12H23N3O3/c1-3-14(4-2)8-7-13-12(18)15(9-11(16)17)10-5-6-10/h10H,3-9H2,1-2H3,(H,13,18)(H,16,17). The van der Waals surface area contributed by atoms with Gasteiger partial charge in [-0.05, 0) is 25.9 Å². The number of nitrogens with zero attached hydrogens (tertiary/aromatic N) is 2. The molecule has 0 bridgehead atoms. The predicted molar refractivity (Wildman–Crippen MR) is 68.6 cm³/mol. The lowest BCUT2D eigenvalue weighted by Crippen LogP contribution is -2.46. The van der Waals surface area contributed by atoms with Crippen molar-refractivity contribution in [2.45, 2.75) is 32.7 Å². The van der Waals surface area contributed by atoms with Crippen molar-refractivity contribution in [1.82, 2.24) is 15.1 Å². The number of carbonyl (C=O) groups excluding carboxylic acids is 1. The molecule has 0 aliphatic heterocycles. The molecule has 104 valence electrons. The van der Waals surface area contributed by atoms with Crippen molar-refractivity contribution in [2.24, 2.45) is 0 Å². The van der Waals surface area contributed by atoms with E-state index < -0.39 is 5.97 Å².